The van der Waals surface area contributed by atoms with Crippen LogP contribution in [-0.2, 0) is 20.7 Å². The summed E-state index contributed by atoms with van der Waals surface area (Å²) < 4.78 is 4.94. The summed E-state index contributed by atoms with van der Waals surface area (Å²) in [4.78, 5) is 27.0. The number of esters is 1. The van der Waals surface area contributed by atoms with E-state index in [-0.39, 0.29) is 5.97 Å². The molecule has 0 aliphatic rings. The second-order valence-corrected chi connectivity index (χ2v) is 5.91. The van der Waals surface area contributed by atoms with Crippen LogP contribution in [0.2, 0.25) is 0 Å². The summed E-state index contributed by atoms with van der Waals surface area (Å²) in [6.07, 6.45) is 0.342. The molecule has 19 heavy (non-hydrogen) atoms. The van der Waals surface area contributed by atoms with E-state index >= 15 is 0 Å². The van der Waals surface area contributed by atoms with E-state index in [9.17, 15) is 9.59 Å². The highest BCUT2D eigenvalue weighted by Gasteiger charge is 2.29. The van der Waals surface area contributed by atoms with E-state index in [1.807, 2.05) is 0 Å². The van der Waals surface area contributed by atoms with E-state index in [4.69, 9.17) is 9.84 Å². The molecule has 0 spiro atoms. The van der Waals surface area contributed by atoms with Gasteiger partial charge in [-0.05, 0) is 27.7 Å². The Morgan fingerprint density at radius 1 is 1.53 bits per heavy atom. The van der Waals surface area contributed by atoms with Gasteiger partial charge in [0, 0.05) is 11.8 Å². The normalized spacial score (nSPS) is 13.1. The summed E-state index contributed by atoms with van der Waals surface area (Å²) in [5, 5.41) is 11.5. The fourth-order valence-electron chi connectivity index (χ4n) is 1.50. The lowest BCUT2D eigenvalue weighted by Gasteiger charge is -2.17. The molecule has 0 saturated carbocycles. The maximum Gasteiger partial charge on any atom is 0.315 e. The van der Waals surface area contributed by atoms with Gasteiger partial charge in [0.25, 0.3) is 0 Å². The first kappa shape index (κ1) is 15.6. The molecule has 0 aliphatic heterocycles. The zero-order chi connectivity index (χ0) is 14.6. The number of hydrogen-bond acceptors (Lipinski definition) is 5. The highest BCUT2D eigenvalue weighted by molar-refractivity contribution is 7.09. The second-order valence-electron chi connectivity index (χ2n) is 5.02. The fraction of sp³-hybridized carbons (Fsp3) is 0.615. The fourth-order valence-corrected chi connectivity index (χ4v) is 2.36. The molecule has 1 N–H and O–H groups in total. The molecule has 0 aliphatic carbocycles. The van der Waals surface area contributed by atoms with Gasteiger partial charge in [0.05, 0.1) is 17.7 Å². The Kier molecular flexibility index (Phi) is 5.05. The summed E-state index contributed by atoms with van der Waals surface area (Å²) in [6.45, 7) is 7.15. The predicted octanol–water partition coefficient (Wildman–Crippen LogP) is 2.46. The van der Waals surface area contributed by atoms with Crippen molar-refractivity contribution in [2.24, 2.45) is 5.41 Å². The first-order valence-electron chi connectivity index (χ1n) is 6.12. The molecular formula is C13H19NO4S. The number of aromatic nitrogens is 1. The van der Waals surface area contributed by atoms with Gasteiger partial charge in [-0.25, -0.2) is 4.98 Å². The molecule has 1 aromatic rings. The summed E-state index contributed by atoms with van der Waals surface area (Å²) in [5.74, 6) is -1.58. The summed E-state index contributed by atoms with van der Waals surface area (Å²) >= 11 is 1.36. The molecule has 1 heterocycles. The van der Waals surface area contributed by atoms with E-state index in [0.29, 0.717) is 23.7 Å². The Morgan fingerprint density at radius 3 is 2.68 bits per heavy atom. The van der Waals surface area contributed by atoms with Crippen molar-refractivity contribution in [1.82, 2.24) is 4.98 Å². The quantitative estimate of drug-likeness (QED) is 0.812. The number of rotatable bonds is 6. The van der Waals surface area contributed by atoms with Crippen LogP contribution in [0.5, 0.6) is 0 Å². The largest absolute Gasteiger partial charge is 0.481 e. The standard InChI is InChI=1S/C13H19NO4S/c1-5-18-11(15)8(2)10-14-9(7-19-10)6-13(3,4)12(16)17/h7-8H,5-6H2,1-4H3,(H,16,17). The van der Waals surface area contributed by atoms with E-state index < -0.39 is 17.3 Å². The minimum Gasteiger partial charge on any atom is -0.481 e. The van der Waals surface area contributed by atoms with Crippen molar-refractivity contribution < 1.29 is 19.4 Å². The van der Waals surface area contributed by atoms with Crippen LogP contribution in [-0.4, -0.2) is 28.6 Å². The van der Waals surface area contributed by atoms with Crippen LogP contribution in [0.3, 0.4) is 0 Å². The molecule has 0 saturated heterocycles. The molecular weight excluding hydrogens is 266 g/mol. The third-order valence-corrected chi connectivity index (χ3v) is 3.86. The highest BCUT2D eigenvalue weighted by atomic mass is 32.1. The molecule has 0 aromatic carbocycles. The Labute approximate surface area is 116 Å². The van der Waals surface area contributed by atoms with Crippen LogP contribution in [0.25, 0.3) is 0 Å². The molecule has 0 radical (unpaired) electrons. The minimum atomic E-state index is -0.863. The van der Waals surface area contributed by atoms with Gasteiger partial charge in [-0.15, -0.1) is 11.3 Å². The number of ether oxygens (including phenoxy) is 1. The van der Waals surface area contributed by atoms with Gasteiger partial charge in [-0.1, -0.05) is 0 Å². The zero-order valence-electron chi connectivity index (χ0n) is 11.6. The van der Waals surface area contributed by atoms with E-state index in [1.54, 1.807) is 33.1 Å². The van der Waals surface area contributed by atoms with Crippen molar-refractivity contribution in [3.05, 3.63) is 16.1 Å². The third kappa shape index (κ3) is 4.02. The van der Waals surface area contributed by atoms with Crippen molar-refractivity contribution >= 4 is 23.3 Å². The molecule has 106 valence electrons. The lowest BCUT2D eigenvalue weighted by Crippen LogP contribution is -2.26. The van der Waals surface area contributed by atoms with Gasteiger partial charge >= 0.3 is 11.9 Å². The van der Waals surface area contributed by atoms with Crippen molar-refractivity contribution in [3.63, 3.8) is 0 Å². The van der Waals surface area contributed by atoms with E-state index in [2.05, 4.69) is 4.98 Å². The zero-order valence-corrected chi connectivity index (χ0v) is 12.4. The number of aliphatic carboxylic acids is 1. The van der Waals surface area contributed by atoms with Crippen LogP contribution in [0.4, 0.5) is 0 Å². The minimum absolute atomic E-state index is 0.305. The predicted molar refractivity (Wildman–Crippen MR) is 72.3 cm³/mol. The molecule has 1 rings (SSSR count). The Morgan fingerprint density at radius 2 is 2.16 bits per heavy atom. The summed E-state index contributed by atoms with van der Waals surface area (Å²) in [7, 11) is 0. The molecule has 0 fully saturated rings. The first-order chi connectivity index (χ1) is 8.77. The molecule has 6 heteroatoms. The smallest absolute Gasteiger partial charge is 0.315 e. The van der Waals surface area contributed by atoms with Crippen molar-refractivity contribution in [2.75, 3.05) is 6.61 Å². The number of carboxylic acids is 1. The number of carbonyl (C=O) groups is 2. The molecule has 0 bridgehead atoms. The average Bonchev–Trinajstić information content (AvgIpc) is 2.75. The Bertz CT molecular complexity index is 467. The van der Waals surface area contributed by atoms with Gasteiger partial charge in [0.2, 0.25) is 0 Å². The highest BCUT2D eigenvalue weighted by Crippen LogP contribution is 2.26. The Balaban J connectivity index is 2.77. The summed E-state index contributed by atoms with van der Waals surface area (Å²) in [5.41, 5.74) is -0.165. The maximum atomic E-state index is 11.6. The molecule has 5 nitrogen and oxygen atoms in total. The number of carboxylic acid groups (broad SMARTS) is 1. The van der Waals surface area contributed by atoms with Gasteiger partial charge in [-0.2, -0.15) is 0 Å². The second kappa shape index (κ2) is 6.14. The third-order valence-electron chi connectivity index (χ3n) is 2.78. The molecule has 1 atom stereocenters. The van der Waals surface area contributed by atoms with Crippen LogP contribution in [0.1, 0.15) is 44.3 Å². The van der Waals surface area contributed by atoms with Crippen molar-refractivity contribution in [2.45, 2.75) is 40.0 Å². The number of nitrogens with zero attached hydrogens (tertiary/aromatic N) is 1. The van der Waals surface area contributed by atoms with Crippen molar-refractivity contribution in [3.8, 4) is 0 Å². The monoisotopic (exact) mass is 285 g/mol. The van der Waals surface area contributed by atoms with Crippen molar-refractivity contribution in [1.29, 1.82) is 0 Å². The summed E-state index contributed by atoms with van der Waals surface area (Å²) in [6, 6.07) is 0. The van der Waals surface area contributed by atoms with E-state index in [1.165, 1.54) is 11.3 Å². The van der Waals surface area contributed by atoms with Crippen LogP contribution >= 0.6 is 11.3 Å². The molecule has 1 unspecified atom stereocenters. The lowest BCUT2D eigenvalue weighted by molar-refractivity contribution is -0.147. The van der Waals surface area contributed by atoms with Gasteiger partial charge in [0.15, 0.2) is 0 Å². The Hall–Kier alpha value is -1.43. The topological polar surface area (TPSA) is 76.5 Å². The van der Waals surface area contributed by atoms with Gasteiger partial charge < -0.3 is 9.84 Å². The lowest BCUT2D eigenvalue weighted by atomic mass is 9.88. The number of thiazole rings is 1. The molecule has 1 aromatic heterocycles. The van der Waals surface area contributed by atoms with Gasteiger partial charge in [-0.3, -0.25) is 9.59 Å². The molecule has 0 amide bonds. The van der Waals surface area contributed by atoms with Crippen LogP contribution in [0.15, 0.2) is 5.38 Å². The average molecular weight is 285 g/mol. The first-order valence-corrected chi connectivity index (χ1v) is 7.00. The number of carbonyl (C=O) groups excluding carboxylic acids is 1. The number of hydrogen-bond donors (Lipinski definition) is 1. The van der Waals surface area contributed by atoms with Crippen LogP contribution < -0.4 is 0 Å². The maximum absolute atomic E-state index is 11.6. The SMILES string of the molecule is CCOC(=O)C(C)c1nc(CC(C)(C)C(=O)O)cs1. The van der Waals surface area contributed by atoms with Crippen LogP contribution in [0, 0.1) is 5.41 Å². The van der Waals surface area contributed by atoms with Gasteiger partial charge in [0.1, 0.15) is 10.9 Å². The van der Waals surface area contributed by atoms with E-state index in [0.717, 1.165) is 0 Å².